The molecule has 0 radical (unpaired) electrons. The summed E-state index contributed by atoms with van der Waals surface area (Å²) < 4.78 is 35.9. The van der Waals surface area contributed by atoms with Crippen LogP contribution in [-0.4, -0.2) is 113 Å². The van der Waals surface area contributed by atoms with Gasteiger partial charge >= 0.3 is 17.7 Å². The Balaban J connectivity index is 1.57. The van der Waals surface area contributed by atoms with Gasteiger partial charge in [-0.15, -0.1) is 0 Å². The fraction of sp³-hybridized carbons (Fsp3) is 0.480. The molecule has 2 aromatic carbocycles. The van der Waals surface area contributed by atoms with Crippen LogP contribution in [0, 0.1) is 30.6 Å². The number of hydrogen-bond donors (Lipinski definition) is 3. The number of hydrogen-bond acceptors (Lipinski definition) is 15. The quantitative estimate of drug-likeness (QED) is 0.247. The molecule has 0 saturated carbocycles. The minimum atomic E-state index is -2.16. The number of allylic oxidation sites excluding steroid dienone is 4. The number of nitrogens with one attached hydrogen (secondary N) is 1. The van der Waals surface area contributed by atoms with Gasteiger partial charge in [-0.2, -0.15) is 0 Å². The smallest absolute Gasteiger partial charge is 0.343 e. The van der Waals surface area contributed by atoms with Crippen LogP contribution in [0.3, 0.4) is 0 Å². The Morgan fingerprint density at radius 2 is 1.50 bits per heavy atom. The van der Waals surface area contributed by atoms with Crippen LogP contribution in [0.15, 0.2) is 77.9 Å². The van der Waals surface area contributed by atoms with Crippen molar-refractivity contribution in [1.82, 2.24) is 10.2 Å². The van der Waals surface area contributed by atoms with Crippen LogP contribution in [0.2, 0.25) is 0 Å². The van der Waals surface area contributed by atoms with Crippen molar-refractivity contribution < 1.29 is 67.4 Å². The summed E-state index contributed by atoms with van der Waals surface area (Å²) >= 11 is 0. The number of carbonyl (C=O) groups is 6. The average molecular weight is 913 g/mol. The predicted molar refractivity (Wildman–Crippen MR) is 239 cm³/mol. The highest BCUT2D eigenvalue weighted by molar-refractivity contribution is 6.32. The van der Waals surface area contributed by atoms with Gasteiger partial charge in [-0.1, -0.05) is 64.1 Å². The second-order valence-electron chi connectivity index (χ2n) is 17.9. The van der Waals surface area contributed by atoms with E-state index < -0.39 is 118 Å². The molecule has 11 unspecified atom stereocenters. The van der Waals surface area contributed by atoms with Crippen molar-refractivity contribution >= 4 is 35.2 Å². The lowest BCUT2D eigenvalue weighted by molar-refractivity contribution is -0.160. The second kappa shape index (κ2) is 19.9. The van der Waals surface area contributed by atoms with Crippen molar-refractivity contribution in [2.75, 3.05) is 20.2 Å². The first-order chi connectivity index (χ1) is 31.1. The molecule has 3 N–H and O–H groups in total. The largest absolute Gasteiger partial charge is 0.462 e. The molecular weight excluding hydrogens is 853 g/mol. The van der Waals surface area contributed by atoms with Gasteiger partial charge < -0.3 is 48.9 Å². The molecule has 0 spiro atoms. The standard InChI is InChI=1S/C50H60N2O14/c1-24-16-15-17-25(2)48(59)51-38-39(52-22-26(3)63-27(4)23-52)43(57)35-36(42(38)56)45(65-49(60)33-18-13-12-14-19-33)31(8)46-37(35)47(58)50(10,66-46)62-21-20-34(61-11)28(5)44(64-32(9)53)30(7)41(55)29(6)40(24)54/h12-21,24,26-30,34,40-41,44,54-55H,22-23H2,1-11H3,(H,51,59)/b16-15+,21-20+,25-17-. The number of ketones is 3. The van der Waals surface area contributed by atoms with Gasteiger partial charge in [-0.3, -0.25) is 24.0 Å². The summed E-state index contributed by atoms with van der Waals surface area (Å²) in [5.74, 6) is -10.1. The molecule has 1 aliphatic carbocycles. The Morgan fingerprint density at radius 3 is 2.12 bits per heavy atom. The molecule has 0 aromatic heterocycles. The number of ether oxygens (including phenoxy) is 6. The molecule has 1 fully saturated rings. The maximum absolute atomic E-state index is 15.4. The molecule has 1 saturated heterocycles. The summed E-state index contributed by atoms with van der Waals surface area (Å²) in [5, 5.41) is 25.7. The molecule has 11 atom stereocenters. The third-order valence-electron chi connectivity index (χ3n) is 12.8. The molecule has 5 bridgehead atoms. The van der Waals surface area contributed by atoms with Crippen LogP contribution < -0.4 is 14.8 Å². The lowest BCUT2D eigenvalue weighted by Crippen LogP contribution is -2.49. The summed E-state index contributed by atoms with van der Waals surface area (Å²) in [6, 6.07) is 7.97. The van der Waals surface area contributed by atoms with E-state index >= 15 is 9.59 Å². The van der Waals surface area contributed by atoms with Crippen molar-refractivity contribution in [2.24, 2.45) is 23.7 Å². The van der Waals surface area contributed by atoms with E-state index in [-0.39, 0.29) is 52.5 Å². The zero-order valence-corrected chi connectivity index (χ0v) is 39.2. The molecule has 2 aromatic rings. The van der Waals surface area contributed by atoms with Crippen LogP contribution in [0.4, 0.5) is 0 Å². The van der Waals surface area contributed by atoms with Gasteiger partial charge in [0.15, 0.2) is 0 Å². The highest BCUT2D eigenvalue weighted by Gasteiger charge is 2.54. The van der Waals surface area contributed by atoms with E-state index in [1.165, 1.54) is 65.4 Å². The Bertz CT molecular complexity index is 2390. The number of amides is 1. The highest BCUT2D eigenvalue weighted by atomic mass is 16.7. The van der Waals surface area contributed by atoms with Crippen LogP contribution >= 0.6 is 0 Å². The molecule has 16 nitrogen and oxygen atoms in total. The van der Waals surface area contributed by atoms with Gasteiger partial charge in [0.2, 0.25) is 11.6 Å². The molecule has 7 rings (SSSR count). The normalized spacial score (nSPS) is 32.7. The number of fused-ring (bicyclic) bond motifs is 14. The molecule has 4 heterocycles. The Morgan fingerprint density at radius 1 is 0.848 bits per heavy atom. The van der Waals surface area contributed by atoms with E-state index in [1.54, 1.807) is 76.8 Å². The van der Waals surface area contributed by atoms with Gasteiger partial charge in [0.1, 0.15) is 29.0 Å². The van der Waals surface area contributed by atoms with E-state index in [9.17, 15) is 29.4 Å². The Hall–Kier alpha value is -5.94. The minimum absolute atomic E-state index is 0.0269. The SMILES string of the molecule is COC1/C=C/OC2(C)Oc3c(C)c(OC(=O)c4ccccc4)c4c(c3C2=O)C(=O)C(N2CC(C)OC(C)C2)=C(NC(=O)/C(C)=C\C=C\C(C)C(O)C(C)C(O)C(C)C(OC(C)=O)C1C)C4=O. The first-order valence-electron chi connectivity index (χ1n) is 22.1. The van der Waals surface area contributed by atoms with Crippen LogP contribution in [0.5, 0.6) is 11.5 Å². The fourth-order valence-electron chi connectivity index (χ4n) is 9.18. The molecule has 5 aliphatic rings. The summed E-state index contributed by atoms with van der Waals surface area (Å²) in [4.78, 5) is 87.5. The van der Waals surface area contributed by atoms with E-state index in [2.05, 4.69) is 5.32 Å². The number of aliphatic hydroxyl groups excluding tert-OH is 2. The predicted octanol–water partition coefficient (Wildman–Crippen LogP) is 5.58. The zero-order chi connectivity index (χ0) is 48.5. The summed E-state index contributed by atoms with van der Waals surface area (Å²) in [7, 11) is 1.42. The third-order valence-corrected chi connectivity index (χ3v) is 12.8. The van der Waals surface area contributed by atoms with Crippen molar-refractivity contribution in [1.29, 1.82) is 0 Å². The highest BCUT2D eigenvalue weighted by Crippen LogP contribution is 2.50. The van der Waals surface area contributed by atoms with Gasteiger partial charge in [0.05, 0.1) is 59.0 Å². The van der Waals surface area contributed by atoms with Crippen molar-refractivity contribution in [3.63, 3.8) is 0 Å². The van der Waals surface area contributed by atoms with E-state index in [0.29, 0.717) is 0 Å². The number of rotatable bonds is 5. The van der Waals surface area contributed by atoms with E-state index in [1.807, 2.05) is 0 Å². The number of Topliss-reactive ketones (excluding diaryl/α,β-unsaturated/α-hetero) is 3. The maximum Gasteiger partial charge on any atom is 0.343 e. The monoisotopic (exact) mass is 912 g/mol. The first-order valence-corrected chi connectivity index (χ1v) is 22.1. The maximum atomic E-state index is 15.4. The summed E-state index contributed by atoms with van der Waals surface area (Å²) in [6.45, 7) is 16.3. The lowest BCUT2D eigenvalue weighted by Gasteiger charge is -2.39. The van der Waals surface area contributed by atoms with Gasteiger partial charge in [0, 0.05) is 68.9 Å². The molecular formula is C50H60N2O14. The number of methoxy groups -OCH3 is 1. The molecule has 66 heavy (non-hydrogen) atoms. The van der Waals surface area contributed by atoms with Crippen molar-refractivity contribution in [3.05, 3.63) is 106 Å². The number of nitrogens with zero attached hydrogens (tertiary/aromatic N) is 1. The number of morpholine rings is 1. The topological polar surface area (TPSA) is 214 Å². The molecule has 16 heteroatoms. The third kappa shape index (κ3) is 9.64. The van der Waals surface area contributed by atoms with E-state index in [0.717, 1.165) is 0 Å². The molecule has 354 valence electrons. The minimum Gasteiger partial charge on any atom is -0.462 e. The number of carbonyl (C=O) groups excluding carboxylic acids is 6. The van der Waals surface area contributed by atoms with Crippen molar-refractivity contribution in [2.45, 2.75) is 112 Å². The lowest BCUT2D eigenvalue weighted by atomic mass is 9.78. The van der Waals surface area contributed by atoms with Crippen LogP contribution in [-0.2, 0) is 28.5 Å². The first kappa shape index (κ1) is 49.5. The Kier molecular flexibility index (Phi) is 14.9. The number of benzene rings is 2. The molecule has 4 aliphatic heterocycles. The average Bonchev–Trinajstić information content (AvgIpc) is 3.54. The Labute approximate surface area is 384 Å². The van der Waals surface area contributed by atoms with Crippen molar-refractivity contribution in [3.8, 4) is 11.5 Å². The summed E-state index contributed by atoms with van der Waals surface area (Å²) in [5.41, 5.74) is -1.46. The fourth-order valence-corrected chi connectivity index (χ4v) is 9.18. The number of esters is 2. The number of aliphatic hydroxyl groups is 2. The van der Waals surface area contributed by atoms with Gasteiger partial charge in [-0.25, -0.2) is 4.79 Å². The summed E-state index contributed by atoms with van der Waals surface area (Å²) in [6.07, 6.45) is 2.47. The zero-order valence-electron chi connectivity index (χ0n) is 39.2. The van der Waals surface area contributed by atoms with Gasteiger partial charge in [0.25, 0.3) is 11.7 Å². The van der Waals surface area contributed by atoms with Gasteiger partial charge in [-0.05, 0) is 45.9 Å². The van der Waals surface area contributed by atoms with Crippen LogP contribution in [0.25, 0.3) is 0 Å². The molecule has 1 amide bonds. The van der Waals surface area contributed by atoms with Crippen LogP contribution in [0.1, 0.15) is 109 Å². The van der Waals surface area contributed by atoms with E-state index in [4.69, 9.17) is 28.4 Å². The second-order valence-corrected chi connectivity index (χ2v) is 17.9.